The van der Waals surface area contributed by atoms with Gasteiger partial charge in [-0.25, -0.2) is 0 Å². The lowest BCUT2D eigenvalue weighted by atomic mass is 9.90. The highest BCUT2D eigenvalue weighted by atomic mass is 32.2. The monoisotopic (exact) mass is 390 g/mol. The second kappa shape index (κ2) is 8.70. The number of carbonyl (C=O) groups excluding carboxylic acids is 1. The quantitative estimate of drug-likeness (QED) is 0.579. The van der Waals surface area contributed by atoms with Crippen LogP contribution in [0.3, 0.4) is 0 Å². The van der Waals surface area contributed by atoms with Crippen LogP contribution >= 0.6 is 11.9 Å². The van der Waals surface area contributed by atoms with Gasteiger partial charge in [0.1, 0.15) is 0 Å². The number of benzene rings is 2. The fourth-order valence-electron chi connectivity index (χ4n) is 3.75. The summed E-state index contributed by atoms with van der Waals surface area (Å²) in [4.78, 5) is 16.1. The molecule has 28 heavy (non-hydrogen) atoms. The number of likely N-dealkylation sites (tertiary alicyclic amines) is 1. The zero-order chi connectivity index (χ0) is 19.3. The second-order valence-electron chi connectivity index (χ2n) is 7.59. The predicted molar refractivity (Wildman–Crippen MR) is 116 cm³/mol. The number of rotatable bonds is 5. The summed E-state index contributed by atoms with van der Waals surface area (Å²) in [7, 11) is 0. The van der Waals surface area contributed by atoms with Crippen LogP contribution in [0.1, 0.15) is 34.3 Å². The lowest BCUT2D eigenvalue weighted by molar-refractivity contribution is 0.0690. The van der Waals surface area contributed by atoms with Crippen LogP contribution in [0.2, 0.25) is 0 Å². The second-order valence-corrected chi connectivity index (χ2v) is 8.67. The van der Waals surface area contributed by atoms with Gasteiger partial charge in [0.25, 0.3) is 5.91 Å². The third-order valence-corrected chi connectivity index (χ3v) is 6.34. The summed E-state index contributed by atoms with van der Waals surface area (Å²) >= 11 is 1.63. The van der Waals surface area contributed by atoms with Crippen LogP contribution < -0.4 is 0 Å². The lowest BCUT2D eigenvalue weighted by Gasteiger charge is -2.32. The Bertz CT molecular complexity index is 909. The minimum absolute atomic E-state index is 0.154. The molecule has 4 heteroatoms. The van der Waals surface area contributed by atoms with E-state index in [0.717, 1.165) is 37.9 Å². The van der Waals surface area contributed by atoms with E-state index in [9.17, 15) is 4.79 Å². The first kappa shape index (κ1) is 18.9. The number of hydrogen-bond acceptors (Lipinski definition) is 2. The van der Waals surface area contributed by atoms with Crippen LogP contribution in [0.15, 0.2) is 78.0 Å². The Hall–Kier alpha value is -2.46. The Morgan fingerprint density at radius 1 is 1.00 bits per heavy atom. The van der Waals surface area contributed by atoms with Crippen LogP contribution in [0, 0.1) is 12.8 Å². The number of hydrogen-bond donors (Lipinski definition) is 0. The molecule has 0 radical (unpaired) electrons. The van der Waals surface area contributed by atoms with Crippen molar-refractivity contribution in [3.8, 4) is 0 Å². The molecule has 0 unspecified atom stereocenters. The van der Waals surface area contributed by atoms with Crippen molar-refractivity contribution in [3.63, 3.8) is 0 Å². The SMILES string of the molecule is Cc1ccc(Sn2ccc(C(=O)N3CCC(Cc4ccccc4)CC3)c2)cc1. The van der Waals surface area contributed by atoms with Gasteiger partial charge in [-0.1, -0.05) is 48.0 Å². The third-order valence-electron chi connectivity index (χ3n) is 5.42. The van der Waals surface area contributed by atoms with E-state index in [1.807, 2.05) is 27.3 Å². The van der Waals surface area contributed by atoms with Crippen LogP contribution in [0.25, 0.3) is 0 Å². The molecule has 2 aromatic carbocycles. The minimum atomic E-state index is 0.154. The molecule has 144 valence electrons. The van der Waals surface area contributed by atoms with E-state index in [1.54, 1.807) is 11.9 Å². The molecule has 0 saturated carbocycles. The van der Waals surface area contributed by atoms with Crippen molar-refractivity contribution in [2.45, 2.75) is 31.1 Å². The van der Waals surface area contributed by atoms with E-state index >= 15 is 0 Å². The van der Waals surface area contributed by atoms with E-state index < -0.39 is 0 Å². The normalized spacial score (nSPS) is 15.0. The molecule has 0 atom stereocenters. The molecule has 1 aromatic heterocycles. The number of amides is 1. The number of aromatic nitrogens is 1. The average Bonchev–Trinajstić information content (AvgIpc) is 3.19. The van der Waals surface area contributed by atoms with Gasteiger partial charge in [-0.05, 0) is 67.8 Å². The van der Waals surface area contributed by atoms with Gasteiger partial charge in [-0.15, -0.1) is 0 Å². The van der Waals surface area contributed by atoms with Crippen LogP contribution in [-0.4, -0.2) is 27.9 Å². The average molecular weight is 391 g/mol. The van der Waals surface area contributed by atoms with E-state index in [4.69, 9.17) is 0 Å². The van der Waals surface area contributed by atoms with Gasteiger partial charge in [0, 0.05) is 30.4 Å². The summed E-state index contributed by atoms with van der Waals surface area (Å²) < 4.78 is 2.01. The molecule has 0 N–H and O–H groups in total. The zero-order valence-electron chi connectivity index (χ0n) is 16.3. The van der Waals surface area contributed by atoms with Crippen LogP contribution in [-0.2, 0) is 6.42 Å². The van der Waals surface area contributed by atoms with E-state index in [0.29, 0.717) is 5.92 Å². The van der Waals surface area contributed by atoms with Crippen molar-refractivity contribution in [1.82, 2.24) is 8.87 Å². The first-order chi connectivity index (χ1) is 13.7. The standard InChI is InChI=1S/C24H26N2OS/c1-19-7-9-23(10-8-19)28-26-16-13-22(18-26)24(27)25-14-11-21(12-15-25)17-20-5-3-2-4-6-20/h2-10,13,16,18,21H,11-12,14-15,17H2,1H3. The zero-order valence-corrected chi connectivity index (χ0v) is 17.1. The summed E-state index contributed by atoms with van der Waals surface area (Å²) in [5.41, 5.74) is 3.43. The molecule has 3 nitrogen and oxygen atoms in total. The maximum atomic E-state index is 12.9. The third kappa shape index (κ3) is 4.68. The Kier molecular flexibility index (Phi) is 5.87. The maximum absolute atomic E-state index is 12.9. The van der Waals surface area contributed by atoms with Gasteiger partial charge in [-0.2, -0.15) is 0 Å². The maximum Gasteiger partial charge on any atom is 0.255 e. The summed E-state index contributed by atoms with van der Waals surface area (Å²) in [5, 5.41) is 0. The van der Waals surface area contributed by atoms with Crippen LogP contribution in [0.4, 0.5) is 0 Å². The number of piperidine rings is 1. The van der Waals surface area contributed by atoms with Gasteiger partial charge in [0.2, 0.25) is 0 Å². The summed E-state index contributed by atoms with van der Waals surface area (Å²) in [6, 6.07) is 21.0. The highest BCUT2D eigenvalue weighted by Gasteiger charge is 2.24. The Labute approximate surface area is 171 Å². The van der Waals surface area contributed by atoms with Crippen molar-refractivity contribution in [1.29, 1.82) is 0 Å². The Balaban J connectivity index is 1.31. The van der Waals surface area contributed by atoms with Crippen molar-refractivity contribution in [2.24, 2.45) is 5.92 Å². The molecule has 3 aromatic rings. The van der Waals surface area contributed by atoms with Crippen LogP contribution in [0.5, 0.6) is 0 Å². The van der Waals surface area contributed by atoms with E-state index in [-0.39, 0.29) is 5.91 Å². The Morgan fingerprint density at radius 2 is 1.71 bits per heavy atom. The topological polar surface area (TPSA) is 25.2 Å². The highest BCUT2D eigenvalue weighted by Crippen LogP contribution is 2.25. The molecule has 1 amide bonds. The molecule has 1 fully saturated rings. The number of nitrogens with zero attached hydrogens (tertiary/aromatic N) is 2. The molecule has 4 rings (SSSR count). The predicted octanol–water partition coefficient (Wildman–Crippen LogP) is 5.45. The van der Waals surface area contributed by atoms with Gasteiger partial charge >= 0.3 is 0 Å². The molecule has 1 saturated heterocycles. The van der Waals surface area contributed by atoms with E-state index in [2.05, 4.69) is 61.5 Å². The summed E-state index contributed by atoms with van der Waals surface area (Å²) in [6.07, 6.45) is 7.20. The van der Waals surface area contributed by atoms with Gasteiger partial charge in [0.15, 0.2) is 0 Å². The minimum Gasteiger partial charge on any atom is -0.339 e. The molecule has 0 bridgehead atoms. The van der Waals surface area contributed by atoms with Crippen molar-refractivity contribution < 1.29 is 4.79 Å². The van der Waals surface area contributed by atoms with Crippen molar-refractivity contribution >= 4 is 17.9 Å². The molecule has 1 aliphatic heterocycles. The Morgan fingerprint density at radius 3 is 2.43 bits per heavy atom. The van der Waals surface area contributed by atoms with Gasteiger partial charge in [0.05, 0.1) is 5.56 Å². The fourth-order valence-corrected chi connectivity index (χ4v) is 4.54. The fraction of sp³-hybridized carbons (Fsp3) is 0.292. The number of carbonyl (C=O) groups is 1. The number of aryl methyl sites for hydroxylation is 1. The largest absolute Gasteiger partial charge is 0.339 e. The summed E-state index contributed by atoms with van der Waals surface area (Å²) in [6.45, 7) is 3.79. The smallest absolute Gasteiger partial charge is 0.255 e. The molecule has 0 aliphatic carbocycles. The molecule has 1 aliphatic rings. The van der Waals surface area contributed by atoms with Gasteiger partial charge in [-0.3, -0.25) is 8.77 Å². The molecular formula is C24H26N2OS. The van der Waals surface area contributed by atoms with Crippen molar-refractivity contribution in [2.75, 3.05) is 13.1 Å². The van der Waals surface area contributed by atoms with Crippen molar-refractivity contribution in [3.05, 3.63) is 89.7 Å². The lowest BCUT2D eigenvalue weighted by Crippen LogP contribution is -2.38. The summed E-state index contributed by atoms with van der Waals surface area (Å²) in [5.74, 6) is 0.828. The molecule has 0 spiro atoms. The molecular weight excluding hydrogens is 364 g/mol. The first-order valence-corrected chi connectivity index (χ1v) is 10.7. The first-order valence-electron chi connectivity index (χ1n) is 9.93. The molecule has 2 heterocycles. The highest BCUT2D eigenvalue weighted by molar-refractivity contribution is 7.97. The van der Waals surface area contributed by atoms with Gasteiger partial charge < -0.3 is 4.90 Å². The van der Waals surface area contributed by atoms with E-state index in [1.165, 1.54) is 16.0 Å².